The SMILES string of the molecule is CCC=C=CC(=O)OC(CC)(CC)CC. The van der Waals surface area contributed by atoms with Crippen LogP contribution < -0.4 is 0 Å². The monoisotopic (exact) mass is 210 g/mol. The zero-order chi connectivity index (χ0) is 11.7. The van der Waals surface area contributed by atoms with Gasteiger partial charge in [0.15, 0.2) is 0 Å². The number of hydrogen-bond acceptors (Lipinski definition) is 2. The predicted octanol–water partition coefficient (Wildman–Crippen LogP) is 3.62. The Morgan fingerprint density at radius 3 is 2.13 bits per heavy atom. The first kappa shape index (κ1) is 14.0. The highest BCUT2D eigenvalue weighted by atomic mass is 16.6. The van der Waals surface area contributed by atoms with Crippen molar-refractivity contribution in [2.24, 2.45) is 0 Å². The highest BCUT2D eigenvalue weighted by molar-refractivity contribution is 5.82. The van der Waals surface area contributed by atoms with E-state index in [0.717, 1.165) is 25.7 Å². The molecule has 0 saturated carbocycles. The molecule has 2 nitrogen and oxygen atoms in total. The maximum Gasteiger partial charge on any atom is 0.339 e. The fraction of sp³-hybridized carbons (Fsp3) is 0.692. The largest absolute Gasteiger partial charge is 0.456 e. The molecule has 0 bridgehead atoms. The first-order valence-corrected chi connectivity index (χ1v) is 5.78. The molecule has 0 aromatic carbocycles. The summed E-state index contributed by atoms with van der Waals surface area (Å²) in [7, 11) is 0. The van der Waals surface area contributed by atoms with Gasteiger partial charge in [-0.3, -0.25) is 0 Å². The number of rotatable bonds is 6. The van der Waals surface area contributed by atoms with Crippen molar-refractivity contribution in [1.29, 1.82) is 0 Å². The minimum atomic E-state index is -0.290. The van der Waals surface area contributed by atoms with Gasteiger partial charge in [-0.15, -0.1) is 5.73 Å². The third kappa shape index (κ3) is 4.85. The molecule has 0 radical (unpaired) electrons. The Balaban J connectivity index is 4.42. The lowest BCUT2D eigenvalue weighted by Gasteiger charge is -2.29. The molecule has 15 heavy (non-hydrogen) atoms. The van der Waals surface area contributed by atoms with Crippen LogP contribution in [0.15, 0.2) is 17.9 Å². The van der Waals surface area contributed by atoms with Crippen LogP contribution in [0.2, 0.25) is 0 Å². The number of esters is 1. The van der Waals surface area contributed by atoms with E-state index in [0.29, 0.717) is 0 Å². The van der Waals surface area contributed by atoms with Crippen molar-refractivity contribution in [2.45, 2.75) is 59.0 Å². The molecule has 0 N–H and O–H groups in total. The summed E-state index contributed by atoms with van der Waals surface area (Å²) < 4.78 is 5.46. The van der Waals surface area contributed by atoms with E-state index in [-0.39, 0.29) is 11.6 Å². The van der Waals surface area contributed by atoms with Crippen molar-refractivity contribution in [3.8, 4) is 0 Å². The van der Waals surface area contributed by atoms with Crippen molar-refractivity contribution in [3.05, 3.63) is 17.9 Å². The summed E-state index contributed by atoms with van der Waals surface area (Å²) in [4.78, 5) is 11.4. The van der Waals surface area contributed by atoms with Crippen LogP contribution in [0.1, 0.15) is 53.4 Å². The first-order valence-electron chi connectivity index (χ1n) is 5.78. The van der Waals surface area contributed by atoms with Gasteiger partial charge in [-0.05, 0) is 31.8 Å². The van der Waals surface area contributed by atoms with E-state index in [4.69, 9.17) is 4.74 Å². The number of hydrogen-bond donors (Lipinski definition) is 0. The van der Waals surface area contributed by atoms with E-state index in [9.17, 15) is 4.79 Å². The molecule has 0 aliphatic carbocycles. The molecular formula is C13H22O2. The van der Waals surface area contributed by atoms with E-state index in [1.54, 1.807) is 0 Å². The van der Waals surface area contributed by atoms with Crippen LogP contribution >= 0.6 is 0 Å². The smallest absolute Gasteiger partial charge is 0.339 e. The van der Waals surface area contributed by atoms with Crippen LogP contribution in [0.3, 0.4) is 0 Å². The molecule has 0 spiro atoms. The summed E-state index contributed by atoms with van der Waals surface area (Å²) in [6.45, 7) is 8.14. The van der Waals surface area contributed by atoms with Gasteiger partial charge in [0.05, 0.1) is 6.08 Å². The standard InChI is InChI=1S/C13H22O2/c1-5-9-10-11-12(14)15-13(6-2,7-3)8-4/h9,11H,5-8H2,1-4H3. The summed E-state index contributed by atoms with van der Waals surface area (Å²) >= 11 is 0. The van der Waals surface area contributed by atoms with Crippen LogP contribution in [-0.2, 0) is 9.53 Å². The van der Waals surface area contributed by atoms with E-state index in [2.05, 4.69) is 5.73 Å². The predicted molar refractivity (Wildman–Crippen MR) is 62.6 cm³/mol. The highest BCUT2D eigenvalue weighted by Gasteiger charge is 2.27. The molecule has 0 aromatic heterocycles. The van der Waals surface area contributed by atoms with Crippen LogP contribution in [-0.4, -0.2) is 11.6 Å². The topological polar surface area (TPSA) is 26.3 Å². The second kappa shape index (κ2) is 7.30. The summed E-state index contributed by atoms with van der Waals surface area (Å²) in [5, 5.41) is 0. The van der Waals surface area contributed by atoms with Gasteiger partial charge < -0.3 is 4.74 Å². The van der Waals surface area contributed by atoms with Crippen molar-refractivity contribution in [1.82, 2.24) is 0 Å². The Morgan fingerprint density at radius 2 is 1.73 bits per heavy atom. The molecule has 0 amide bonds. The number of ether oxygens (including phenoxy) is 1. The van der Waals surface area contributed by atoms with Gasteiger partial charge in [0.2, 0.25) is 0 Å². The van der Waals surface area contributed by atoms with Gasteiger partial charge in [-0.2, -0.15) is 0 Å². The molecule has 86 valence electrons. The minimum absolute atomic E-state index is 0.287. The first-order chi connectivity index (χ1) is 7.14. The molecular weight excluding hydrogens is 188 g/mol. The fourth-order valence-electron chi connectivity index (χ4n) is 1.45. The normalized spacial score (nSPS) is 10.4. The summed E-state index contributed by atoms with van der Waals surface area (Å²) in [6, 6.07) is 0. The minimum Gasteiger partial charge on any atom is -0.456 e. The van der Waals surface area contributed by atoms with E-state index >= 15 is 0 Å². The molecule has 0 aliphatic rings. The zero-order valence-corrected chi connectivity index (χ0v) is 10.3. The van der Waals surface area contributed by atoms with E-state index in [1.807, 2.05) is 33.8 Å². The van der Waals surface area contributed by atoms with Crippen LogP contribution in [0, 0.1) is 0 Å². The van der Waals surface area contributed by atoms with Gasteiger partial charge in [0.25, 0.3) is 0 Å². The zero-order valence-electron chi connectivity index (χ0n) is 10.3. The van der Waals surface area contributed by atoms with Crippen molar-refractivity contribution < 1.29 is 9.53 Å². The molecule has 0 rings (SSSR count). The molecule has 0 unspecified atom stereocenters. The molecule has 0 aromatic rings. The Hall–Kier alpha value is -1.01. The van der Waals surface area contributed by atoms with Gasteiger partial charge >= 0.3 is 5.97 Å². The molecule has 0 saturated heterocycles. The Morgan fingerprint density at radius 1 is 1.20 bits per heavy atom. The third-order valence-corrected chi connectivity index (χ3v) is 2.77. The van der Waals surface area contributed by atoms with Crippen molar-refractivity contribution >= 4 is 5.97 Å². The molecule has 0 heterocycles. The second-order valence-electron chi connectivity index (χ2n) is 3.59. The maximum atomic E-state index is 11.4. The van der Waals surface area contributed by atoms with Gasteiger partial charge in [0, 0.05) is 0 Å². The maximum absolute atomic E-state index is 11.4. The Bertz CT molecular complexity index is 235. The van der Waals surface area contributed by atoms with Gasteiger partial charge in [0.1, 0.15) is 5.60 Å². The van der Waals surface area contributed by atoms with Gasteiger partial charge in [-0.1, -0.05) is 27.7 Å². The molecule has 0 fully saturated rings. The lowest BCUT2D eigenvalue weighted by molar-refractivity contribution is -0.154. The quantitative estimate of drug-likeness (QED) is 0.380. The lowest BCUT2D eigenvalue weighted by Crippen LogP contribution is -2.32. The Kier molecular flexibility index (Phi) is 6.81. The second-order valence-corrected chi connectivity index (χ2v) is 3.59. The summed E-state index contributed by atoms with van der Waals surface area (Å²) in [6.07, 6.45) is 6.64. The lowest BCUT2D eigenvalue weighted by atomic mass is 9.94. The fourth-order valence-corrected chi connectivity index (χ4v) is 1.45. The third-order valence-electron chi connectivity index (χ3n) is 2.77. The number of carbonyl (C=O) groups excluding carboxylic acids is 1. The van der Waals surface area contributed by atoms with Crippen LogP contribution in [0.5, 0.6) is 0 Å². The molecule has 0 aliphatic heterocycles. The average molecular weight is 210 g/mol. The van der Waals surface area contributed by atoms with Crippen molar-refractivity contribution in [2.75, 3.05) is 0 Å². The summed E-state index contributed by atoms with van der Waals surface area (Å²) in [5.74, 6) is -0.287. The highest BCUT2D eigenvalue weighted by Crippen LogP contribution is 2.24. The Labute approximate surface area is 93.0 Å². The molecule has 2 heteroatoms. The van der Waals surface area contributed by atoms with Gasteiger partial charge in [-0.25, -0.2) is 4.79 Å². The molecule has 0 atom stereocenters. The average Bonchev–Trinajstić information content (AvgIpc) is 2.26. The number of carbonyl (C=O) groups is 1. The van der Waals surface area contributed by atoms with E-state index in [1.165, 1.54) is 6.08 Å². The van der Waals surface area contributed by atoms with E-state index < -0.39 is 0 Å². The van der Waals surface area contributed by atoms with Crippen LogP contribution in [0.25, 0.3) is 0 Å². The van der Waals surface area contributed by atoms with Crippen LogP contribution in [0.4, 0.5) is 0 Å². The summed E-state index contributed by atoms with van der Waals surface area (Å²) in [5.41, 5.74) is 2.51. The van der Waals surface area contributed by atoms with Crippen molar-refractivity contribution in [3.63, 3.8) is 0 Å².